The summed E-state index contributed by atoms with van der Waals surface area (Å²) in [6.45, 7) is 2.94. The molecule has 4 rings (SSSR count). The minimum absolute atomic E-state index is 0.239. The molecule has 1 fully saturated rings. The van der Waals surface area contributed by atoms with Crippen molar-refractivity contribution >= 4 is 21.6 Å². The number of hydrogen-bond donors (Lipinski definition) is 1. The van der Waals surface area contributed by atoms with Crippen LogP contribution < -0.4 is 4.90 Å². The van der Waals surface area contributed by atoms with E-state index in [2.05, 4.69) is 4.98 Å². The Morgan fingerprint density at radius 2 is 1.82 bits per heavy atom. The van der Waals surface area contributed by atoms with Crippen LogP contribution >= 0.6 is 11.6 Å². The molecule has 0 bridgehead atoms. The standard InChI is InChI=1S/C20H20ClN3O3S/c21-17-7-4-8-18(13-17)28(25,26)24-11-9-23(10-12-24)15-20-22-14-19(27-20)16-5-2-1-3-6-16/h1-8,13-14H,9-12,15H2/p+1. The van der Waals surface area contributed by atoms with Gasteiger partial charge in [0.15, 0.2) is 12.3 Å². The number of halogens is 1. The lowest BCUT2D eigenvalue weighted by atomic mass is 10.2. The maximum atomic E-state index is 12.8. The van der Waals surface area contributed by atoms with Crippen LogP contribution in [0.25, 0.3) is 11.3 Å². The van der Waals surface area contributed by atoms with Crippen LogP contribution in [0.1, 0.15) is 5.89 Å². The molecule has 1 N–H and O–H groups in total. The van der Waals surface area contributed by atoms with Crippen LogP contribution in [0.2, 0.25) is 5.02 Å². The highest BCUT2D eigenvalue weighted by molar-refractivity contribution is 7.89. The largest absolute Gasteiger partial charge is 0.435 e. The summed E-state index contributed by atoms with van der Waals surface area (Å²) in [6.07, 6.45) is 1.74. The average molecular weight is 419 g/mol. The van der Waals surface area contributed by atoms with Crippen LogP contribution in [0, 0.1) is 0 Å². The summed E-state index contributed by atoms with van der Waals surface area (Å²) in [7, 11) is -3.52. The monoisotopic (exact) mass is 418 g/mol. The lowest BCUT2D eigenvalue weighted by Gasteiger charge is -2.30. The third-order valence-electron chi connectivity index (χ3n) is 4.88. The lowest BCUT2D eigenvalue weighted by molar-refractivity contribution is -0.918. The molecule has 8 heteroatoms. The molecule has 1 saturated heterocycles. The summed E-state index contributed by atoms with van der Waals surface area (Å²) >= 11 is 5.95. The highest BCUT2D eigenvalue weighted by Crippen LogP contribution is 2.20. The van der Waals surface area contributed by atoms with E-state index in [1.807, 2.05) is 30.3 Å². The van der Waals surface area contributed by atoms with E-state index in [-0.39, 0.29) is 4.90 Å². The van der Waals surface area contributed by atoms with Crippen molar-refractivity contribution in [3.63, 3.8) is 0 Å². The Bertz CT molecular complexity index is 1050. The number of aromatic nitrogens is 1. The molecule has 0 aliphatic carbocycles. The first-order chi connectivity index (χ1) is 13.5. The van der Waals surface area contributed by atoms with E-state index in [9.17, 15) is 8.42 Å². The predicted octanol–water partition coefficient (Wildman–Crippen LogP) is 2.08. The molecule has 28 heavy (non-hydrogen) atoms. The molecule has 2 heterocycles. The number of nitrogens with one attached hydrogen (secondary N) is 1. The zero-order chi connectivity index (χ0) is 19.6. The molecule has 1 aromatic heterocycles. The van der Waals surface area contributed by atoms with Gasteiger partial charge in [0, 0.05) is 10.6 Å². The smallest absolute Gasteiger partial charge is 0.250 e. The van der Waals surface area contributed by atoms with Gasteiger partial charge in [0.25, 0.3) is 5.89 Å². The topological polar surface area (TPSA) is 67.8 Å². The molecule has 146 valence electrons. The third kappa shape index (κ3) is 4.12. The molecule has 2 aromatic carbocycles. The Hall–Kier alpha value is -2.19. The molecule has 1 aliphatic rings. The number of benzene rings is 2. The van der Waals surface area contributed by atoms with Crippen LogP contribution in [-0.2, 0) is 16.6 Å². The number of nitrogens with zero attached hydrogens (tertiary/aromatic N) is 2. The molecule has 0 saturated carbocycles. The number of quaternary nitrogens is 1. The molecule has 1 aliphatic heterocycles. The Labute approximate surface area is 169 Å². The van der Waals surface area contributed by atoms with Gasteiger partial charge in [-0.15, -0.1) is 0 Å². The second-order valence-electron chi connectivity index (χ2n) is 6.77. The fourth-order valence-corrected chi connectivity index (χ4v) is 5.08. The molecule has 0 radical (unpaired) electrons. The van der Waals surface area contributed by atoms with Gasteiger partial charge >= 0.3 is 0 Å². The Balaban J connectivity index is 1.38. The number of hydrogen-bond acceptors (Lipinski definition) is 4. The van der Waals surface area contributed by atoms with Gasteiger partial charge in [0.1, 0.15) is 0 Å². The molecule has 0 amide bonds. The number of piperazine rings is 1. The Morgan fingerprint density at radius 1 is 1.07 bits per heavy atom. The van der Waals surface area contributed by atoms with Crippen LogP contribution in [0.15, 0.2) is 70.1 Å². The van der Waals surface area contributed by atoms with Crippen molar-refractivity contribution in [1.82, 2.24) is 9.29 Å². The van der Waals surface area contributed by atoms with Gasteiger partial charge in [0.2, 0.25) is 10.0 Å². The summed E-state index contributed by atoms with van der Waals surface area (Å²) in [4.78, 5) is 5.87. The predicted molar refractivity (Wildman–Crippen MR) is 107 cm³/mol. The number of oxazole rings is 1. The van der Waals surface area contributed by atoms with E-state index in [0.29, 0.717) is 43.6 Å². The Kier molecular flexibility index (Phi) is 5.50. The van der Waals surface area contributed by atoms with Crippen molar-refractivity contribution in [1.29, 1.82) is 0 Å². The minimum Gasteiger partial charge on any atom is -0.435 e. The summed E-state index contributed by atoms with van der Waals surface area (Å²) in [5, 5.41) is 0.420. The second kappa shape index (κ2) is 8.05. The minimum atomic E-state index is -3.52. The van der Waals surface area contributed by atoms with E-state index in [1.165, 1.54) is 15.3 Å². The molecular weight excluding hydrogens is 398 g/mol. The average Bonchev–Trinajstić information content (AvgIpc) is 3.18. The summed E-state index contributed by atoms with van der Waals surface area (Å²) in [5.74, 6) is 1.41. The summed E-state index contributed by atoms with van der Waals surface area (Å²) < 4.78 is 33.0. The number of sulfonamides is 1. The third-order valence-corrected chi connectivity index (χ3v) is 7.01. The van der Waals surface area contributed by atoms with E-state index >= 15 is 0 Å². The van der Waals surface area contributed by atoms with E-state index < -0.39 is 10.0 Å². The van der Waals surface area contributed by atoms with Gasteiger partial charge in [0.05, 0.1) is 37.3 Å². The van der Waals surface area contributed by atoms with Crippen molar-refractivity contribution in [2.75, 3.05) is 26.2 Å². The Morgan fingerprint density at radius 3 is 2.54 bits per heavy atom. The quantitative estimate of drug-likeness (QED) is 0.689. The molecule has 3 aromatic rings. The highest BCUT2D eigenvalue weighted by Gasteiger charge is 2.31. The van der Waals surface area contributed by atoms with Crippen molar-refractivity contribution in [3.8, 4) is 11.3 Å². The van der Waals surface area contributed by atoms with Gasteiger partial charge in [-0.3, -0.25) is 0 Å². The maximum absolute atomic E-state index is 12.8. The van der Waals surface area contributed by atoms with Gasteiger partial charge in [-0.25, -0.2) is 13.4 Å². The van der Waals surface area contributed by atoms with Crippen LogP contribution in [0.4, 0.5) is 0 Å². The van der Waals surface area contributed by atoms with Gasteiger partial charge in [-0.1, -0.05) is 48.0 Å². The van der Waals surface area contributed by atoms with Crippen molar-refractivity contribution in [3.05, 3.63) is 71.7 Å². The molecule has 0 spiro atoms. The second-order valence-corrected chi connectivity index (χ2v) is 9.15. The molecule has 6 nitrogen and oxygen atoms in total. The zero-order valence-corrected chi connectivity index (χ0v) is 16.8. The fraction of sp³-hybridized carbons (Fsp3) is 0.250. The molecular formula is C20H21ClN3O3S+. The molecule has 0 unspecified atom stereocenters. The van der Waals surface area contributed by atoms with Gasteiger partial charge in [-0.05, 0) is 18.2 Å². The van der Waals surface area contributed by atoms with E-state index in [1.54, 1.807) is 24.4 Å². The van der Waals surface area contributed by atoms with Gasteiger partial charge in [-0.2, -0.15) is 4.31 Å². The molecule has 0 atom stereocenters. The van der Waals surface area contributed by atoms with Gasteiger partial charge < -0.3 is 9.32 Å². The first kappa shape index (κ1) is 19.1. The van der Waals surface area contributed by atoms with Crippen molar-refractivity contribution in [2.24, 2.45) is 0 Å². The first-order valence-corrected chi connectivity index (χ1v) is 10.9. The van der Waals surface area contributed by atoms with Crippen LogP contribution in [-0.4, -0.2) is 43.9 Å². The van der Waals surface area contributed by atoms with Crippen LogP contribution in [0.3, 0.4) is 0 Å². The van der Waals surface area contributed by atoms with Crippen molar-refractivity contribution in [2.45, 2.75) is 11.4 Å². The normalized spacial score (nSPS) is 16.3. The maximum Gasteiger partial charge on any atom is 0.250 e. The lowest BCUT2D eigenvalue weighted by Crippen LogP contribution is -3.13. The van der Waals surface area contributed by atoms with Crippen LogP contribution in [0.5, 0.6) is 0 Å². The SMILES string of the molecule is O=S(=O)(c1cccc(Cl)c1)N1CC[NH+](Cc2ncc(-c3ccccc3)o2)CC1. The highest BCUT2D eigenvalue weighted by atomic mass is 35.5. The number of rotatable bonds is 5. The summed E-state index contributed by atoms with van der Waals surface area (Å²) in [5.41, 5.74) is 0.994. The van der Waals surface area contributed by atoms with E-state index in [0.717, 1.165) is 11.3 Å². The summed E-state index contributed by atoms with van der Waals surface area (Å²) in [6, 6.07) is 16.2. The zero-order valence-electron chi connectivity index (χ0n) is 15.2. The first-order valence-electron chi connectivity index (χ1n) is 9.12. The fourth-order valence-electron chi connectivity index (χ4n) is 3.34. The van der Waals surface area contributed by atoms with Crippen molar-refractivity contribution < 1.29 is 17.7 Å². The van der Waals surface area contributed by atoms with E-state index in [4.69, 9.17) is 16.0 Å².